The number of nitrogens with one attached hydrogen (secondary N) is 2. The third-order valence-corrected chi connectivity index (χ3v) is 3.74. The van der Waals surface area contributed by atoms with Gasteiger partial charge in [-0.25, -0.2) is 4.79 Å². The van der Waals surface area contributed by atoms with Crippen molar-refractivity contribution in [1.82, 2.24) is 10.6 Å². The van der Waals surface area contributed by atoms with E-state index >= 15 is 0 Å². The Bertz CT molecular complexity index is 934. The molecular formula is C18H16N2O6S. The number of hydrogen-bond donors (Lipinski definition) is 3. The van der Waals surface area contributed by atoms with Crippen molar-refractivity contribution < 1.29 is 28.6 Å². The molecule has 1 fully saturated rings. The zero-order valence-corrected chi connectivity index (χ0v) is 15.1. The maximum atomic E-state index is 11.7. The summed E-state index contributed by atoms with van der Waals surface area (Å²) in [6, 6.07) is 8.09. The number of carboxylic acids is 1. The summed E-state index contributed by atoms with van der Waals surface area (Å²) < 4.78 is 16.4. The molecule has 3 rings (SSSR count). The second-order valence-corrected chi connectivity index (χ2v) is 5.87. The maximum absolute atomic E-state index is 11.7. The number of rotatable bonds is 7. The molecule has 3 N–H and O–H groups in total. The summed E-state index contributed by atoms with van der Waals surface area (Å²) in [5.41, 5.74) is 1.06. The number of thiocarbonyl (C=S) groups is 1. The van der Waals surface area contributed by atoms with Gasteiger partial charge in [-0.05, 0) is 55.0 Å². The molecule has 0 saturated carbocycles. The second-order valence-electron chi connectivity index (χ2n) is 5.47. The highest BCUT2D eigenvalue weighted by Gasteiger charge is 2.20. The molecular weight excluding hydrogens is 372 g/mol. The van der Waals surface area contributed by atoms with E-state index in [0.29, 0.717) is 29.6 Å². The van der Waals surface area contributed by atoms with E-state index in [2.05, 4.69) is 10.6 Å². The van der Waals surface area contributed by atoms with E-state index in [4.69, 9.17) is 31.2 Å². The van der Waals surface area contributed by atoms with E-state index in [1.807, 2.05) is 6.92 Å². The van der Waals surface area contributed by atoms with Crippen LogP contribution in [0, 0.1) is 0 Å². The molecule has 0 atom stereocenters. The van der Waals surface area contributed by atoms with Crippen LogP contribution in [0.1, 0.15) is 28.8 Å². The molecule has 2 heterocycles. The lowest BCUT2D eigenvalue weighted by Gasteiger charge is -2.12. The second kappa shape index (κ2) is 7.92. The van der Waals surface area contributed by atoms with E-state index in [1.165, 1.54) is 12.1 Å². The number of ether oxygens (including phenoxy) is 2. The third kappa shape index (κ3) is 4.45. The van der Waals surface area contributed by atoms with Crippen molar-refractivity contribution >= 4 is 35.3 Å². The van der Waals surface area contributed by atoms with Crippen molar-refractivity contribution in [2.45, 2.75) is 13.5 Å². The highest BCUT2D eigenvalue weighted by molar-refractivity contribution is 7.80. The topological polar surface area (TPSA) is 110 Å². The summed E-state index contributed by atoms with van der Waals surface area (Å²) >= 11 is 4.90. The van der Waals surface area contributed by atoms with Crippen molar-refractivity contribution in [3.63, 3.8) is 0 Å². The van der Waals surface area contributed by atoms with Crippen LogP contribution in [0.5, 0.6) is 11.5 Å². The molecule has 27 heavy (non-hydrogen) atoms. The first-order valence-electron chi connectivity index (χ1n) is 8.02. The third-order valence-electron chi connectivity index (χ3n) is 3.54. The molecule has 0 bridgehead atoms. The summed E-state index contributed by atoms with van der Waals surface area (Å²) in [6.07, 6.45) is 1.65. The van der Waals surface area contributed by atoms with Gasteiger partial charge in [0.05, 0.1) is 6.61 Å². The van der Waals surface area contributed by atoms with Crippen molar-refractivity contribution in [1.29, 1.82) is 0 Å². The molecule has 0 aliphatic carbocycles. The van der Waals surface area contributed by atoms with Crippen molar-refractivity contribution in [2.75, 3.05) is 6.61 Å². The lowest BCUT2D eigenvalue weighted by atomic mass is 10.1. The van der Waals surface area contributed by atoms with Gasteiger partial charge in [-0.15, -0.1) is 0 Å². The first-order chi connectivity index (χ1) is 13.0. The van der Waals surface area contributed by atoms with Crippen LogP contribution < -0.4 is 20.1 Å². The van der Waals surface area contributed by atoms with E-state index in [0.717, 1.165) is 5.56 Å². The highest BCUT2D eigenvalue weighted by atomic mass is 32.1. The number of benzene rings is 1. The largest absolute Gasteiger partial charge is 0.490 e. The average Bonchev–Trinajstić information content (AvgIpc) is 3.21. The Balaban J connectivity index is 1.77. The fourth-order valence-electron chi connectivity index (χ4n) is 2.37. The molecule has 140 valence electrons. The normalized spacial score (nSPS) is 14.8. The average molecular weight is 388 g/mol. The van der Waals surface area contributed by atoms with Gasteiger partial charge < -0.3 is 24.3 Å². The van der Waals surface area contributed by atoms with Crippen LogP contribution in [0.15, 0.2) is 40.4 Å². The first kappa shape index (κ1) is 18.5. The highest BCUT2D eigenvalue weighted by Crippen LogP contribution is 2.30. The molecule has 1 aromatic carbocycles. The van der Waals surface area contributed by atoms with Crippen LogP contribution in [0.3, 0.4) is 0 Å². The van der Waals surface area contributed by atoms with Gasteiger partial charge in [0, 0.05) is 0 Å². The molecule has 0 spiro atoms. The van der Waals surface area contributed by atoms with E-state index < -0.39 is 5.97 Å². The van der Waals surface area contributed by atoms with Crippen LogP contribution in [-0.2, 0) is 11.4 Å². The number of carbonyl (C=O) groups excluding carboxylic acids is 1. The number of carboxylic acid groups (broad SMARTS) is 1. The minimum atomic E-state index is -1.14. The van der Waals surface area contributed by atoms with Crippen molar-refractivity contribution in [3.8, 4) is 11.5 Å². The molecule has 1 amide bonds. The summed E-state index contributed by atoms with van der Waals surface area (Å²) in [5, 5.41) is 14.4. The van der Waals surface area contributed by atoms with Crippen LogP contribution in [0.4, 0.5) is 0 Å². The van der Waals surface area contributed by atoms with Gasteiger partial charge in [0.2, 0.25) is 5.76 Å². The Morgan fingerprint density at radius 3 is 2.67 bits per heavy atom. The van der Waals surface area contributed by atoms with Crippen LogP contribution in [0.2, 0.25) is 0 Å². The van der Waals surface area contributed by atoms with Gasteiger partial charge in [0.1, 0.15) is 18.1 Å². The minimum absolute atomic E-state index is 0.0476. The van der Waals surface area contributed by atoms with Crippen molar-refractivity contribution in [2.24, 2.45) is 0 Å². The number of aromatic carboxylic acids is 1. The molecule has 1 aliphatic heterocycles. The number of hydrogen-bond acceptors (Lipinski definition) is 6. The SMILES string of the molecule is CCOc1cc(C=C2NC(=S)NC2=O)ccc1OCc1ccc(C(=O)O)o1. The molecule has 0 radical (unpaired) electrons. The van der Waals surface area contributed by atoms with Gasteiger partial charge in [0.15, 0.2) is 16.6 Å². The van der Waals surface area contributed by atoms with Gasteiger partial charge in [-0.2, -0.15) is 0 Å². The lowest BCUT2D eigenvalue weighted by Crippen LogP contribution is -2.21. The van der Waals surface area contributed by atoms with Gasteiger partial charge in [-0.1, -0.05) is 6.07 Å². The molecule has 1 saturated heterocycles. The van der Waals surface area contributed by atoms with E-state index in [-0.39, 0.29) is 23.4 Å². The molecule has 1 aliphatic rings. The number of furan rings is 1. The first-order valence-corrected chi connectivity index (χ1v) is 8.42. The Hall–Kier alpha value is -3.33. The Labute approximate surface area is 159 Å². The molecule has 8 nitrogen and oxygen atoms in total. The molecule has 1 aromatic heterocycles. The van der Waals surface area contributed by atoms with Crippen LogP contribution in [0.25, 0.3) is 6.08 Å². The quantitative estimate of drug-likeness (QED) is 0.490. The zero-order valence-electron chi connectivity index (χ0n) is 14.3. The number of carbonyl (C=O) groups is 2. The minimum Gasteiger partial charge on any atom is -0.490 e. The van der Waals surface area contributed by atoms with Crippen LogP contribution in [-0.4, -0.2) is 28.7 Å². The predicted molar refractivity (Wildman–Crippen MR) is 99.5 cm³/mol. The summed E-state index contributed by atoms with van der Waals surface area (Å²) in [6.45, 7) is 2.31. The number of amides is 1. The molecule has 2 aromatic rings. The zero-order chi connectivity index (χ0) is 19.4. The fraction of sp³-hybridized carbons (Fsp3) is 0.167. The van der Waals surface area contributed by atoms with Gasteiger partial charge >= 0.3 is 5.97 Å². The standard InChI is InChI=1S/C18H16N2O6S/c1-2-24-15-8-10(7-12-16(21)20-18(27)19-12)3-5-13(15)25-9-11-4-6-14(26-11)17(22)23/h3-8H,2,9H2,1H3,(H,22,23)(H2,19,20,21,27). The maximum Gasteiger partial charge on any atom is 0.371 e. The Kier molecular flexibility index (Phi) is 5.41. The van der Waals surface area contributed by atoms with Crippen molar-refractivity contribution in [3.05, 3.63) is 53.1 Å². The van der Waals surface area contributed by atoms with E-state index in [9.17, 15) is 9.59 Å². The summed E-state index contributed by atoms with van der Waals surface area (Å²) in [4.78, 5) is 22.6. The molecule has 0 unspecified atom stereocenters. The Morgan fingerprint density at radius 2 is 2.04 bits per heavy atom. The van der Waals surface area contributed by atoms with Crippen LogP contribution >= 0.6 is 12.2 Å². The molecule has 9 heteroatoms. The van der Waals surface area contributed by atoms with Gasteiger partial charge in [0.25, 0.3) is 5.91 Å². The summed E-state index contributed by atoms with van der Waals surface area (Å²) in [7, 11) is 0. The Morgan fingerprint density at radius 1 is 1.22 bits per heavy atom. The summed E-state index contributed by atoms with van der Waals surface area (Å²) in [5.74, 6) is -0.269. The predicted octanol–water partition coefficient (Wildman–Crippen LogP) is 2.30. The van der Waals surface area contributed by atoms with Gasteiger partial charge in [-0.3, -0.25) is 10.1 Å². The monoisotopic (exact) mass is 388 g/mol. The lowest BCUT2D eigenvalue weighted by molar-refractivity contribution is -0.115. The fourth-order valence-corrected chi connectivity index (χ4v) is 2.57. The smallest absolute Gasteiger partial charge is 0.371 e. The van der Waals surface area contributed by atoms with E-state index in [1.54, 1.807) is 24.3 Å².